The second kappa shape index (κ2) is 5.02. The lowest BCUT2D eigenvalue weighted by Gasteiger charge is -2.01. The fourth-order valence-corrected chi connectivity index (χ4v) is 3.10. The summed E-state index contributed by atoms with van der Waals surface area (Å²) in [6.45, 7) is 2.80. The summed E-state index contributed by atoms with van der Waals surface area (Å²) in [7, 11) is 0. The fraction of sp³-hybridized carbons (Fsp3) is 0.286. The van der Waals surface area contributed by atoms with Crippen molar-refractivity contribution in [3.8, 4) is 6.07 Å². The molecule has 0 saturated heterocycles. The Morgan fingerprint density at radius 1 is 1.60 bits per heavy atom. The van der Waals surface area contributed by atoms with Crippen molar-refractivity contribution in [2.75, 3.05) is 0 Å². The summed E-state index contributed by atoms with van der Waals surface area (Å²) in [5.41, 5.74) is 3.61. The standard InChI is InChI=1S/C14H12N4OS/c1-9-14(11(7-15)12-3-2-6-18(9)12)13(19)5-4-10-8-20-17-16-10/h4-5,8H,2-3,6H2,1H3. The number of fused-ring (bicyclic) bond motifs is 1. The van der Waals surface area contributed by atoms with Crippen LogP contribution in [0.3, 0.4) is 0 Å². The third kappa shape index (κ3) is 1.96. The number of allylic oxidation sites excluding steroid dienone is 1. The third-order valence-electron chi connectivity index (χ3n) is 3.57. The average Bonchev–Trinajstić information content (AvgIpc) is 3.14. The zero-order valence-corrected chi connectivity index (χ0v) is 11.8. The average molecular weight is 284 g/mol. The molecule has 5 nitrogen and oxygen atoms in total. The molecule has 0 aliphatic carbocycles. The molecular formula is C14H12N4OS. The van der Waals surface area contributed by atoms with Gasteiger partial charge >= 0.3 is 0 Å². The van der Waals surface area contributed by atoms with Crippen molar-refractivity contribution < 1.29 is 4.79 Å². The molecule has 3 rings (SSSR count). The molecule has 0 aromatic carbocycles. The number of rotatable bonds is 3. The molecule has 0 fully saturated rings. The largest absolute Gasteiger partial charge is 0.347 e. The van der Waals surface area contributed by atoms with Gasteiger partial charge in [-0.1, -0.05) is 4.49 Å². The van der Waals surface area contributed by atoms with Gasteiger partial charge in [0.15, 0.2) is 5.78 Å². The van der Waals surface area contributed by atoms with Crippen molar-refractivity contribution in [3.05, 3.63) is 39.7 Å². The van der Waals surface area contributed by atoms with Crippen molar-refractivity contribution in [1.82, 2.24) is 14.2 Å². The third-order valence-corrected chi connectivity index (χ3v) is 4.09. The molecule has 6 heteroatoms. The predicted molar refractivity (Wildman–Crippen MR) is 75.5 cm³/mol. The number of hydrogen-bond donors (Lipinski definition) is 0. The Labute approximate surface area is 120 Å². The van der Waals surface area contributed by atoms with Gasteiger partial charge in [0.05, 0.1) is 16.8 Å². The minimum Gasteiger partial charge on any atom is -0.347 e. The van der Waals surface area contributed by atoms with E-state index in [1.54, 1.807) is 11.5 Å². The minimum atomic E-state index is -0.144. The number of carbonyl (C=O) groups excluding carboxylic acids is 1. The van der Waals surface area contributed by atoms with Gasteiger partial charge in [0.1, 0.15) is 6.07 Å². The number of hydrogen-bond acceptors (Lipinski definition) is 5. The maximum atomic E-state index is 12.3. The highest BCUT2D eigenvalue weighted by Crippen LogP contribution is 2.28. The molecule has 2 aromatic rings. The normalized spacial score (nSPS) is 13.6. The first-order valence-electron chi connectivity index (χ1n) is 6.34. The van der Waals surface area contributed by atoms with Gasteiger partial charge in [-0.25, -0.2) is 0 Å². The maximum Gasteiger partial charge on any atom is 0.189 e. The Morgan fingerprint density at radius 2 is 2.45 bits per heavy atom. The summed E-state index contributed by atoms with van der Waals surface area (Å²) in [4.78, 5) is 12.3. The molecule has 0 atom stereocenters. The molecule has 1 aliphatic heterocycles. The van der Waals surface area contributed by atoms with Gasteiger partial charge in [0, 0.05) is 23.3 Å². The summed E-state index contributed by atoms with van der Waals surface area (Å²) in [6, 6.07) is 2.19. The van der Waals surface area contributed by atoms with Gasteiger partial charge in [-0.2, -0.15) is 5.26 Å². The molecule has 20 heavy (non-hydrogen) atoms. The lowest BCUT2D eigenvalue weighted by molar-refractivity contribution is 0.104. The van der Waals surface area contributed by atoms with E-state index in [9.17, 15) is 10.1 Å². The first-order chi connectivity index (χ1) is 9.72. The molecule has 1 aliphatic rings. The second-order valence-corrected chi connectivity index (χ2v) is 5.29. The maximum absolute atomic E-state index is 12.3. The van der Waals surface area contributed by atoms with Crippen molar-refractivity contribution >= 4 is 23.4 Å². The molecule has 100 valence electrons. The van der Waals surface area contributed by atoms with Crippen LogP contribution in [0.15, 0.2) is 11.5 Å². The highest BCUT2D eigenvalue weighted by Gasteiger charge is 2.26. The lowest BCUT2D eigenvalue weighted by atomic mass is 10.0. The molecule has 0 radical (unpaired) electrons. The van der Waals surface area contributed by atoms with E-state index in [0.29, 0.717) is 16.8 Å². The Bertz CT molecular complexity index is 734. The van der Waals surface area contributed by atoms with Crippen LogP contribution in [0.2, 0.25) is 0 Å². The highest BCUT2D eigenvalue weighted by molar-refractivity contribution is 7.03. The van der Waals surface area contributed by atoms with Crippen LogP contribution >= 0.6 is 11.5 Å². The summed E-state index contributed by atoms with van der Waals surface area (Å²) in [6.07, 6.45) is 5.02. The topological polar surface area (TPSA) is 71.6 Å². The zero-order valence-electron chi connectivity index (χ0n) is 11.0. The Kier molecular flexibility index (Phi) is 3.20. The second-order valence-electron chi connectivity index (χ2n) is 4.68. The van der Waals surface area contributed by atoms with Crippen LogP contribution in [0.4, 0.5) is 0 Å². The lowest BCUT2D eigenvalue weighted by Crippen LogP contribution is -2.01. The van der Waals surface area contributed by atoms with Crippen molar-refractivity contribution in [1.29, 1.82) is 5.26 Å². The van der Waals surface area contributed by atoms with E-state index >= 15 is 0 Å². The molecule has 0 bridgehead atoms. The molecule has 2 aromatic heterocycles. The van der Waals surface area contributed by atoms with Gasteiger partial charge < -0.3 is 4.57 Å². The zero-order chi connectivity index (χ0) is 14.1. The van der Waals surface area contributed by atoms with Gasteiger partial charge in [0.25, 0.3) is 0 Å². The number of aromatic nitrogens is 3. The Hall–Kier alpha value is -2.26. The van der Waals surface area contributed by atoms with E-state index in [0.717, 1.165) is 30.8 Å². The van der Waals surface area contributed by atoms with E-state index in [-0.39, 0.29) is 5.78 Å². The van der Waals surface area contributed by atoms with E-state index in [2.05, 4.69) is 20.2 Å². The molecular weight excluding hydrogens is 272 g/mol. The Balaban J connectivity index is 1.99. The molecule has 0 amide bonds. The van der Waals surface area contributed by atoms with Gasteiger partial charge in [0.2, 0.25) is 0 Å². The van der Waals surface area contributed by atoms with Crippen molar-refractivity contribution in [3.63, 3.8) is 0 Å². The fourth-order valence-electron chi connectivity index (χ4n) is 2.68. The van der Waals surface area contributed by atoms with Gasteiger partial charge in [-0.3, -0.25) is 4.79 Å². The van der Waals surface area contributed by atoms with Crippen LogP contribution in [-0.4, -0.2) is 19.9 Å². The molecule has 0 saturated carbocycles. The summed E-state index contributed by atoms with van der Waals surface area (Å²) in [5, 5.41) is 15.0. The summed E-state index contributed by atoms with van der Waals surface area (Å²) in [5.74, 6) is -0.144. The number of ketones is 1. The van der Waals surface area contributed by atoms with Crippen LogP contribution in [0.25, 0.3) is 6.08 Å². The van der Waals surface area contributed by atoms with Gasteiger partial charge in [-0.15, -0.1) is 5.10 Å². The summed E-state index contributed by atoms with van der Waals surface area (Å²) >= 11 is 1.24. The molecule has 0 N–H and O–H groups in total. The monoisotopic (exact) mass is 284 g/mol. The van der Waals surface area contributed by atoms with E-state index < -0.39 is 0 Å². The summed E-state index contributed by atoms with van der Waals surface area (Å²) < 4.78 is 5.82. The van der Waals surface area contributed by atoms with Crippen LogP contribution in [0.5, 0.6) is 0 Å². The van der Waals surface area contributed by atoms with E-state index in [4.69, 9.17) is 0 Å². The number of nitriles is 1. The highest BCUT2D eigenvalue weighted by atomic mass is 32.1. The minimum absolute atomic E-state index is 0.144. The van der Waals surface area contributed by atoms with Crippen LogP contribution in [0.1, 0.15) is 39.4 Å². The predicted octanol–water partition coefficient (Wildman–Crippen LogP) is 2.36. The quantitative estimate of drug-likeness (QED) is 0.640. The molecule has 0 spiro atoms. The van der Waals surface area contributed by atoms with Gasteiger partial charge in [-0.05, 0) is 43.4 Å². The van der Waals surface area contributed by atoms with Crippen LogP contribution in [-0.2, 0) is 13.0 Å². The number of nitrogens with zero attached hydrogens (tertiary/aromatic N) is 4. The first-order valence-corrected chi connectivity index (χ1v) is 7.17. The number of carbonyl (C=O) groups is 1. The molecule has 0 unspecified atom stereocenters. The van der Waals surface area contributed by atoms with E-state index in [1.165, 1.54) is 17.6 Å². The van der Waals surface area contributed by atoms with Crippen LogP contribution in [0, 0.1) is 18.3 Å². The molecule has 3 heterocycles. The Morgan fingerprint density at radius 3 is 3.15 bits per heavy atom. The smallest absolute Gasteiger partial charge is 0.189 e. The van der Waals surface area contributed by atoms with Crippen molar-refractivity contribution in [2.45, 2.75) is 26.3 Å². The van der Waals surface area contributed by atoms with Crippen molar-refractivity contribution in [2.24, 2.45) is 0 Å². The SMILES string of the molecule is Cc1c(C(=O)C=Cc2csnn2)c(C#N)c2n1CCC2. The van der Waals surface area contributed by atoms with E-state index in [1.807, 2.05) is 6.92 Å². The van der Waals surface area contributed by atoms with Crippen LogP contribution < -0.4 is 0 Å². The first kappa shape index (κ1) is 12.8.